The van der Waals surface area contributed by atoms with Gasteiger partial charge in [0.25, 0.3) is 11.8 Å². The second-order valence-corrected chi connectivity index (χ2v) is 7.36. The third-order valence-electron chi connectivity index (χ3n) is 4.76. The van der Waals surface area contributed by atoms with E-state index in [4.69, 9.17) is 5.73 Å². The number of benzene rings is 2. The summed E-state index contributed by atoms with van der Waals surface area (Å²) >= 11 is 0. The molecule has 0 aliphatic rings. The van der Waals surface area contributed by atoms with E-state index in [1.165, 1.54) is 6.07 Å². The maximum Gasteiger partial charge on any atom is 0.416 e. The van der Waals surface area contributed by atoms with E-state index in [1.807, 2.05) is 0 Å². The van der Waals surface area contributed by atoms with E-state index in [-0.39, 0.29) is 5.69 Å². The lowest BCUT2D eigenvalue weighted by molar-refractivity contribution is -0.138. The Morgan fingerprint density at radius 1 is 0.829 bits per heavy atom. The number of carbonyl (C=O) groups is 2. The van der Waals surface area contributed by atoms with E-state index in [0.29, 0.717) is 22.7 Å². The third kappa shape index (κ3) is 6.05. The molecular formula is C24H17F6N3O2. The van der Waals surface area contributed by atoms with Crippen LogP contribution in [-0.2, 0) is 21.9 Å². The lowest BCUT2D eigenvalue weighted by atomic mass is 10.1. The molecule has 0 saturated heterocycles. The number of halogens is 6. The first-order valence-corrected chi connectivity index (χ1v) is 9.91. The van der Waals surface area contributed by atoms with Crippen molar-refractivity contribution in [2.24, 2.45) is 5.73 Å². The van der Waals surface area contributed by atoms with Gasteiger partial charge >= 0.3 is 12.4 Å². The highest BCUT2D eigenvalue weighted by atomic mass is 19.4. The number of alkyl halides is 6. The molecule has 0 radical (unpaired) electrons. The van der Waals surface area contributed by atoms with E-state index in [0.717, 1.165) is 42.5 Å². The fourth-order valence-electron chi connectivity index (χ4n) is 3.18. The first-order valence-electron chi connectivity index (χ1n) is 9.91. The summed E-state index contributed by atoms with van der Waals surface area (Å²) in [4.78, 5) is 30.3. The second-order valence-electron chi connectivity index (χ2n) is 7.36. The van der Waals surface area contributed by atoms with Crippen LogP contribution in [0, 0.1) is 6.92 Å². The Hall–Kier alpha value is -4.15. The Morgan fingerprint density at radius 2 is 1.31 bits per heavy atom. The van der Waals surface area contributed by atoms with Gasteiger partial charge in [-0.1, -0.05) is 18.2 Å². The van der Waals surface area contributed by atoms with Gasteiger partial charge in [0.15, 0.2) is 0 Å². The van der Waals surface area contributed by atoms with E-state index in [1.54, 1.807) is 19.1 Å². The van der Waals surface area contributed by atoms with Gasteiger partial charge in [-0.15, -0.1) is 0 Å². The summed E-state index contributed by atoms with van der Waals surface area (Å²) in [5, 5.41) is 0. The smallest absolute Gasteiger partial charge is 0.365 e. The average Bonchev–Trinajstić information content (AvgIpc) is 2.77. The first-order chi connectivity index (χ1) is 16.3. The van der Waals surface area contributed by atoms with Crippen molar-refractivity contribution in [3.8, 4) is 0 Å². The zero-order chi connectivity index (χ0) is 26.0. The van der Waals surface area contributed by atoms with Gasteiger partial charge in [0.05, 0.1) is 16.8 Å². The molecule has 0 aliphatic carbocycles. The molecule has 5 nitrogen and oxygen atoms in total. The molecule has 1 aromatic heterocycles. The zero-order valence-corrected chi connectivity index (χ0v) is 18.0. The van der Waals surface area contributed by atoms with E-state index >= 15 is 0 Å². The van der Waals surface area contributed by atoms with Crippen molar-refractivity contribution in [2.75, 3.05) is 4.90 Å². The van der Waals surface area contributed by atoms with E-state index < -0.39 is 52.2 Å². The first kappa shape index (κ1) is 25.5. The monoisotopic (exact) mass is 493 g/mol. The Bertz CT molecular complexity index is 1240. The number of rotatable bonds is 5. The normalized spacial score (nSPS) is 12.4. The van der Waals surface area contributed by atoms with Crippen molar-refractivity contribution in [1.82, 2.24) is 4.98 Å². The summed E-state index contributed by atoms with van der Waals surface area (Å²) in [6.07, 6.45) is -8.58. The van der Waals surface area contributed by atoms with Crippen molar-refractivity contribution in [3.05, 3.63) is 94.8 Å². The summed E-state index contributed by atoms with van der Waals surface area (Å²) in [7, 11) is 0. The van der Waals surface area contributed by atoms with Gasteiger partial charge in [-0.3, -0.25) is 19.5 Å². The largest absolute Gasteiger partial charge is 0.416 e. The summed E-state index contributed by atoms with van der Waals surface area (Å²) in [6.45, 7) is 1.64. The molecule has 2 amide bonds. The maximum atomic E-state index is 13.5. The Labute approximate surface area is 195 Å². The number of carbonyl (C=O) groups excluding carboxylic acids is 2. The zero-order valence-electron chi connectivity index (χ0n) is 18.0. The number of anilines is 2. The average molecular weight is 493 g/mol. The molecule has 3 rings (SSSR count). The number of aryl methyl sites for hydroxylation is 1. The molecule has 0 bridgehead atoms. The molecule has 0 aliphatic heterocycles. The van der Waals surface area contributed by atoms with Crippen LogP contribution in [0.15, 0.2) is 72.3 Å². The van der Waals surface area contributed by atoms with Gasteiger partial charge in [0.2, 0.25) is 0 Å². The van der Waals surface area contributed by atoms with Gasteiger partial charge in [-0.05, 0) is 61.5 Å². The van der Waals surface area contributed by atoms with Crippen LogP contribution in [0.2, 0.25) is 0 Å². The second kappa shape index (κ2) is 9.61. The highest BCUT2D eigenvalue weighted by Crippen LogP contribution is 2.37. The van der Waals surface area contributed by atoms with Crippen LogP contribution in [0.3, 0.4) is 0 Å². The minimum Gasteiger partial charge on any atom is -0.365 e. The van der Waals surface area contributed by atoms with Crippen LogP contribution in [0.25, 0.3) is 6.08 Å². The molecule has 35 heavy (non-hydrogen) atoms. The van der Waals surface area contributed by atoms with E-state index in [9.17, 15) is 35.9 Å². The van der Waals surface area contributed by atoms with Crippen LogP contribution >= 0.6 is 0 Å². The summed E-state index contributed by atoms with van der Waals surface area (Å²) < 4.78 is 79.9. The number of amides is 2. The van der Waals surface area contributed by atoms with Gasteiger partial charge in [0.1, 0.15) is 5.57 Å². The molecular weight excluding hydrogens is 476 g/mol. The topological polar surface area (TPSA) is 76.3 Å². The Kier molecular flexibility index (Phi) is 6.99. The minimum absolute atomic E-state index is 0.139. The number of primary amides is 1. The standard InChI is InChI=1S/C24H17F6N3O2/c1-14-5-2-8-17(32-14)13-20(21(31)34)22(35)33(18-9-3-6-15(11-18)23(25,26)27)19-10-4-7-16(12-19)24(28,29)30/h2-13H,1H3,(H2,31,34). The fraction of sp³-hybridized carbons (Fsp3) is 0.125. The third-order valence-corrected chi connectivity index (χ3v) is 4.76. The van der Waals surface area contributed by atoms with Crippen LogP contribution in [0.5, 0.6) is 0 Å². The highest BCUT2D eigenvalue weighted by molar-refractivity contribution is 6.27. The van der Waals surface area contributed by atoms with Crippen molar-refractivity contribution in [1.29, 1.82) is 0 Å². The molecule has 1 heterocycles. The molecule has 0 saturated carbocycles. The number of nitrogens with zero attached hydrogens (tertiary/aromatic N) is 2. The maximum absolute atomic E-state index is 13.5. The van der Waals surface area contributed by atoms with Crippen molar-refractivity contribution < 1.29 is 35.9 Å². The Balaban J connectivity index is 2.23. The summed E-state index contributed by atoms with van der Waals surface area (Å²) in [5.41, 5.74) is 2.20. The number of pyridine rings is 1. The predicted octanol–water partition coefficient (Wildman–Crippen LogP) is 5.66. The fourth-order valence-corrected chi connectivity index (χ4v) is 3.18. The van der Waals surface area contributed by atoms with Gasteiger partial charge < -0.3 is 5.73 Å². The van der Waals surface area contributed by atoms with E-state index in [2.05, 4.69) is 4.98 Å². The molecule has 182 valence electrons. The number of hydrogen-bond acceptors (Lipinski definition) is 3. The predicted molar refractivity (Wildman–Crippen MR) is 116 cm³/mol. The minimum atomic E-state index is -4.80. The SMILES string of the molecule is Cc1cccc(C=C(C(N)=O)C(=O)N(c2cccc(C(F)(F)F)c2)c2cccc(C(F)(F)F)c2)n1. The molecule has 3 aromatic rings. The molecule has 2 N–H and O–H groups in total. The van der Waals surface area contributed by atoms with Crippen molar-refractivity contribution in [3.63, 3.8) is 0 Å². The van der Waals surface area contributed by atoms with Gasteiger partial charge in [-0.25, -0.2) is 0 Å². The lowest BCUT2D eigenvalue weighted by Gasteiger charge is -2.25. The highest BCUT2D eigenvalue weighted by Gasteiger charge is 2.34. The summed E-state index contributed by atoms with van der Waals surface area (Å²) in [5.74, 6) is -2.48. The molecule has 0 spiro atoms. The van der Waals surface area contributed by atoms with Crippen molar-refractivity contribution in [2.45, 2.75) is 19.3 Å². The van der Waals surface area contributed by atoms with Crippen LogP contribution in [-0.4, -0.2) is 16.8 Å². The molecule has 0 fully saturated rings. The quantitative estimate of drug-likeness (QED) is 0.216. The summed E-state index contributed by atoms with van der Waals surface area (Å²) in [6, 6.07) is 11.5. The van der Waals surface area contributed by atoms with Crippen LogP contribution in [0.1, 0.15) is 22.5 Å². The molecule has 2 aromatic carbocycles. The number of hydrogen-bond donors (Lipinski definition) is 1. The molecule has 0 atom stereocenters. The van der Waals surface area contributed by atoms with Crippen molar-refractivity contribution >= 4 is 29.3 Å². The lowest BCUT2D eigenvalue weighted by Crippen LogP contribution is -2.33. The number of nitrogens with two attached hydrogens (primary N) is 1. The van der Waals surface area contributed by atoms with Gasteiger partial charge in [-0.2, -0.15) is 26.3 Å². The Morgan fingerprint density at radius 3 is 1.74 bits per heavy atom. The number of aromatic nitrogens is 1. The molecule has 0 unspecified atom stereocenters. The molecule has 11 heteroatoms. The van der Waals surface area contributed by atoms with Gasteiger partial charge in [0, 0.05) is 17.1 Å². The van der Waals surface area contributed by atoms with Crippen LogP contribution in [0.4, 0.5) is 37.7 Å². The van der Waals surface area contributed by atoms with Crippen LogP contribution < -0.4 is 10.6 Å².